The minimum Gasteiger partial charge on any atom is -0.329 e. The van der Waals surface area contributed by atoms with E-state index in [9.17, 15) is 27.6 Å². The van der Waals surface area contributed by atoms with E-state index in [2.05, 4.69) is 0 Å². The second kappa shape index (κ2) is 6.86. The van der Waals surface area contributed by atoms with Gasteiger partial charge in [-0.25, -0.2) is 4.79 Å². The highest BCUT2D eigenvalue weighted by Crippen LogP contribution is 2.32. The number of alkyl halides is 3. The molecule has 1 unspecified atom stereocenters. The number of fused-ring (bicyclic) bond motifs is 1. The van der Waals surface area contributed by atoms with Crippen molar-refractivity contribution >= 4 is 17.8 Å². The maximum absolute atomic E-state index is 12.9. The minimum absolute atomic E-state index is 0.0916. The highest BCUT2D eigenvalue weighted by Gasteiger charge is 2.40. The van der Waals surface area contributed by atoms with E-state index in [0.29, 0.717) is 5.06 Å². The number of rotatable bonds is 4. The van der Waals surface area contributed by atoms with Crippen LogP contribution in [0.3, 0.4) is 0 Å². The quantitative estimate of drug-likeness (QED) is 0.757. The topological polar surface area (TPSA) is 63.7 Å². The number of hydrogen-bond donors (Lipinski definition) is 0. The van der Waals surface area contributed by atoms with Crippen molar-refractivity contribution in [1.29, 1.82) is 0 Å². The highest BCUT2D eigenvalue weighted by molar-refractivity contribution is 6.20. The second-order valence-corrected chi connectivity index (χ2v) is 5.94. The Bertz CT molecular complexity index is 888. The van der Waals surface area contributed by atoms with Crippen molar-refractivity contribution < 1.29 is 32.4 Å². The Morgan fingerprint density at radius 1 is 1.04 bits per heavy atom. The molecule has 2 aromatic carbocycles. The smallest absolute Gasteiger partial charge is 0.329 e. The van der Waals surface area contributed by atoms with E-state index in [1.807, 2.05) is 0 Å². The fourth-order valence-corrected chi connectivity index (χ4v) is 2.87. The summed E-state index contributed by atoms with van der Waals surface area (Å²) in [7, 11) is 0. The summed E-state index contributed by atoms with van der Waals surface area (Å²) < 4.78 is 38.7. The lowest BCUT2D eigenvalue weighted by Crippen LogP contribution is -2.34. The van der Waals surface area contributed by atoms with Crippen molar-refractivity contribution in [2.75, 3.05) is 0 Å². The predicted octanol–water partition coefficient (Wildman–Crippen LogP) is 3.95. The number of carbonyl (C=O) groups excluding carboxylic acids is 3. The molecule has 8 heteroatoms. The molecular formula is C19H14F3NO4. The van der Waals surface area contributed by atoms with Crippen LogP contribution in [0.1, 0.15) is 51.1 Å². The van der Waals surface area contributed by atoms with Gasteiger partial charge < -0.3 is 4.84 Å². The normalized spacial score (nSPS) is 14.9. The van der Waals surface area contributed by atoms with E-state index in [-0.39, 0.29) is 23.1 Å². The van der Waals surface area contributed by atoms with Gasteiger partial charge in [0.15, 0.2) is 0 Å². The molecule has 1 aliphatic heterocycles. The number of halogens is 3. The Morgan fingerprint density at radius 3 is 2.15 bits per heavy atom. The monoisotopic (exact) mass is 377 g/mol. The molecule has 5 nitrogen and oxygen atoms in total. The Hall–Kier alpha value is -3.16. The Kier molecular flexibility index (Phi) is 4.73. The molecular weight excluding hydrogens is 363 g/mol. The number of hydroxylamine groups is 2. The maximum atomic E-state index is 12.9. The van der Waals surface area contributed by atoms with Gasteiger partial charge >= 0.3 is 12.1 Å². The zero-order chi connectivity index (χ0) is 19.8. The summed E-state index contributed by atoms with van der Waals surface area (Å²) in [5, 5.41) is 0.350. The summed E-state index contributed by atoms with van der Waals surface area (Å²) in [5.41, 5.74) is -0.606. The number of amides is 2. The zero-order valence-corrected chi connectivity index (χ0v) is 14.1. The summed E-state index contributed by atoms with van der Waals surface area (Å²) in [6, 6.07) is 10.3. The van der Waals surface area contributed by atoms with Gasteiger partial charge in [-0.1, -0.05) is 42.3 Å². The Labute approximate surface area is 152 Å². The predicted molar refractivity (Wildman–Crippen MR) is 87.5 cm³/mol. The third-order valence-corrected chi connectivity index (χ3v) is 4.25. The van der Waals surface area contributed by atoms with Gasteiger partial charge in [0.2, 0.25) is 0 Å². The standard InChI is InChI=1S/C19H14F3NO4/c1-2-13(11-6-5-7-12(10-11)19(20,21)22)18(26)27-23-16(24)14-8-3-4-9-15(14)17(23)25/h3-10,13H,2H2,1H3. The lowest BCUT2D eigenvalue weighted by atomic mass is 9.95. The third kappa shape index (κ3) is 3.42. The highest BCUT2D eigenvalue weighted by atomic mass is 19.4. The number of benzene rings is 2. The summed E-state index contributed by atoms with van der Waals surface area (Å²) in [6.45, 7) is 1.59. The van der Waals surface area contributed by atoms with Crippen molar-refractivity contribution in [2.24, 2.45) is 0 Å². The van der Waals surface area contributed by atoms with Gasteiger partial charge in [-0.15, -0.1) is 0 Å². The van der Waals surface area contributed by atoms with Crippen LogP contribution in [0.15, 0.2) is 48.5 Å². The van der Waals surface area contributed by atoms with Gasteiger partial charge in [-0.2, -0.15) is 13.2 Å². The summed E-state index contributed by atoms with van der Waals surface area (Å²) in [5.74, 6) is -3.62. The van der Waals surface area contributed by atoms with Crippen molar-refractivity contribution in [2.45, 2.75) is 25.4 Å². The molecule has 0 saturated heterocycles. The van der Waals surface area contributed by atoms with Crippen LogP contribution >= 0.6 is 0 Å². The molecule has 0 radical (unpaired) electrons. The van der Waals surface area contributed by atoms with E-state index in [0.717, 1.165) is 12.1 Å². The lowest BCUT2D eigenvalue weighted by Gasteiger charge is -2.19. The van der Waals surface area contributed by atoms with Gasteiger partial charge in [0, 0.05) is 0 Å². The van der Waals surface area contributed by atoms with Crippen LogP contribution in [0.5, 0.6) is 0 Å². The molecule has 0 fully saturated rings. The van der Waals surface area contributed by atoms with E-state index >= 15 is 0 Å². The summed E-state index contributed by atoms with van der Waals surface area (Å²) >= 11 is 0. The van der Waals surface area contributed by atoms with Crippen molar-refractivity contribution in [1.82, 2.24) is 5.06 Å². The Balaban J connectivity index is 1.83. The minimum atomic E-state index is -4.55. The molecule has 0 spiro atoms. The first-order valence-electron chi connectivity index (χ1n) is 8.10. The number of carbonyl (C=O) groups is 3. The summed E-state index contributed by atoms with van der Waals surface area (Å²) in [6.07, 6.45) is -4.43. The van der Waals surface area contributed by atoms with Gasteiger partial charge in [-0.3, -0.25) is 9.59 Å². The largest absolute Gasteiger partial charge is 0.416 e. The fraction of sp³-hybridized carbons (Fsp3) is 0.211. The SMILES string of the molecule is CCC(C(=O)ON1C(=O)c2ccccc2C1=O)c1cccc(C(F)(F)F)c1. The van der Waals surface area contributed by atoms with E-state index < -0.39 is 35.4 Å². The average Bonchev–Trinajstić information content (AvgIpc) is 2.87. The molecule has 2 amide bonds. The van der Waals surface area contributed by atoms with Crippen LogP contribution < -0.4 is 0 Å². The third-order valence-electron chi connectivity index (χ3n) is 4.25. The molecule has 1 heterocycles. The molecule has 0 aliphatic carbocycles. The van der Waals surface area contributed by atoms with Crippen molar-refractivity contribution in [3.05, 3.63) is 70.8 Å². The van der Waals surface area contributed by atoms with Crippen LogP contribution in [-0.4, -0.2) is 22.8 Å². The van der Waals surface area contributed by atoms with Gasteiger partial charge in [-0.05, 0) is 30.2 Å². The molecule has 0 N–H and O–H groups in total. The van der Waals surface area contributed by atoms with Crippen LogP contribution in [0.4, 0.5) is 13.2 Å². The summed E-state index contributed by atoms with van der Waals surface area (Å²) in [4.78, 5) is 42.0. The first-order valence-corrected chi connectivity index (χ1v) is 8.10. The molecule has 1 aliphatic rings. The van der Waals surface area contributed by atoms with Crippen LogP contribution in [-0.2, 0) is 15.8 Å². The van der Waals surface area contributed by atoms with Gasteiger partial charge in [0.05, 0.1) is 22.6 Å². The first-order chi connectivity index (χ1) is 12.7. The van der Waals surface area contributed by atoms with Gasteiger partial charge in [0.25, 0.3) is 11.8 Å². The molecule has 140 valence electrons. The number of hydrogen-bond acceptors (Lipinski definition) is 4. The zero-order valence-electron chi connectivity index (χ0n) is 14.1. The molecule has 0 saturated carbocycles. The second-order valence-electron chi connectivity index (χ2n) is 5.94. The van der Waals surface area contributed by atoms with Crippen molar-refractivity contribution in [3.63, 3.8) is 0 Å². The molecule has 27 heavy (non-hydrogen) atoms. The van der Waals surface area contributed by atoms with E-state index in [4.69, 9.17) is 4.84 Å². The maximum Gasteiger partial charge on any atom is 0.416 e. The van der Waals surface area contributed by atoms with Gasteiger partial charge in [0.1, 0.15) is 0 Å². The van der Waals surface area contributed by atoms with E-state index in [1.54, 1.807) is 19.1 Å². The number of imide groups is 1. The lowest BCUT2D eigenvalue weighted by molar-refractivity contribution is -0.170. The Morgan fingerprint density at radius 2 is 1.63 bits per heavy atom. The average molecular weight is 377 g/mol. The first kappa shape index (κ1) is 18.6. The molecule has 3 rings (SSSR count). The fourth-order valence-electron chi connectivity index (χ4n) is 2.87. The van der Waals surface area contributed by atoms with E-state index in [1.165, 1.54) is 24.3 Å². The molecule has 1 atom stereocenters. The number of nitrogens with zero attached hydrogens (tertiary/aromatic N) is 1. The molecule has 0 bridgehead atoms. The van der Waals surface area contributed by atoms with Crippen LogP contribution in [0.25, 0.3) is 0 Å². The van der Waals surface area contributed by atoms with Crippen LogP contribution in [0.2, 0.25) is 0 Å². The van der Waals surface area contributed by atoms with Crippen molar-refractivity contribution in [3.8, 4) is 0 Å². The molecule has 0 aromatic heterocycles. The van der Waals surface area contributed by atoms with Crippen LogP contribution in [0, 0.1) is 0 Å². The molecule has 2 aromatic rings.